The number of amidine groups is 1. The maximum absolute atomic E-state index is 7.08. The molecule has 58 valence electrons. The van der Waals surface area contributed by atoms with Crippen LogP contribution >= 0.6 is 22.6 Å². The van der Waals surface area contributed by atoms with Crippen molar-refractivity contribution in [1.29, 1.82) is 5.41 Å². The summed E-state index contributed by atoms with van der Waals surface area (Å²) in [5.41, 5.74) is 11.5. The lowest BCUT2D eigenvalue weighted by atomic mass is 10.3. The first-order valence-electron chi connectivity index (χ1n) is 2.86. The predicted octanol–water partition coefficient (Wildman–Crippen LogP) is 0.552. The first kappa shape index (κ1) is 8.25. The van der Waals surface area contributed by atoms with Crippen molar-refractivity contribution in [3.8, 4) is 0 Å². The van der Waals surface area contributed by atoms with Crippen LogP contribution < -0.4 is 11.5 Å². The fourth-order valence-electron chi connectivity index (χ4n) is 0.680. The number of nitrogens with one attached hydrogen (secondary N) is 1. The van der Waals surface area contributed by atoms with E-state index in [2.05, 4.69) is 27.6 Å². The monoisotopic (exact) mass is 262 g/mol. The Hall–Kier alpha value is -0.850. The van der Waals surface area contributed by atoms with Crippen LogP contribution in [0.5, 0.6) is 0 Å². The van der Waals surface area contributed by atoms with E-state index in [0.29, 0.717) is 11.4 Å². The molecule has 0 aliphatic carbocycles. The van der Waals surface area contributed by atoms with Gasteiger partial charge in [-0.15, -0.1) is 0 Å². The Balaban J connectivity index is 3.20. The number of nitrogen functional groups attached to an aromatic ring is 2. The molecule has 0 saturated heterocycles. The number of anilines is 1. The number of nitrogens with two attached hydrogens (primary N) is 2. The molecule has 0 aliphatic rings. The van der Waals surface area contributed by atoms with E-state index in [-0.39, 0.29) is 5.84 Å². The molecular formula is C6H7IN4. The number of halogens is 1. The maximum Gasteiger partial charge on any atom is 0.143 e. The Bertz CT molecular complexity index is 297. The van der Waals surface area contributed by atoms with Crippen LogP contribution in [0.4, 0.5) is 5.69 Å². The van der Waals surface area contributed by atoms with Crippen molar-refractivity contribution in [2.24, 2.45) is 5.73 Å². The summed E-state index contributed by atoms with van der Waals surface area (Å²) in [6.45, 7) is 0. The first-order valence-corrected chi connectivity index (χ1v) is 3.94. The van der Waals surface area contributed by atoms with Crippen molar-refractivity contribution in [1.82, 2.24) is 4.98 Å². The van der Waals surface area contributed by atoms with Gasteiger partial charge in [-0.25, -0.2) is 4.98 Å². The van der Waals surface area contributed by atoms with Gasteiger partial charge in [0.25, 0.3) is 0 Å². The number of hydrogen-bond donors (Lipinski definition) is 3. The molecule has 0 atom stereocenters. The van der Waals surface area contributed by atoms with E-state index in [1.807, 2.05) is 0 Å². The minimum Gasteiger partial charge on any atom is -0.397 e. The van der Waals surface area contributed by atoms with Gasteiger partial charge < -0.3 is 11.5 Å². The predicted molar refractivity (Wildman–Crippen MR) is 52.4 cm³/mol. The SMILES string of the molecule is N=C(N)c1ncc(I)cc1N. The fraction of sp³-hybridized carbons (Fsp3) is 0. The minimum absolute atomic E-state index is 0.0982. The molecule has 1 aromatic rings. The lowest BCUT2D eigenvalue weighted by Crippen LogP contribution is -2.15. The highest BCUT2D eigenvalue weighted by Crippen LogP contribution is 2.11. The Labute approximate surface area is 77.6 Å². The molecule has 0 radical (unpaired) electrons. The van der Waals surface area contributed by atoms with Crippen molar-refractivity contribution in [2.45, 2.75) is 0 Å². The molecule has 0 fully saturated rings. The van der Waals surface area contributed by atoms with E-state index in [1.165, 1.54) is 0 Å². The van der Waals surface area contributed by atoms with Gasteiger partial charge in [-0.2, -0.15) is 0 Å². The molecule has 0 aromatic carbocycles. The van der Waals surface area contributed by atoms with Gasteiger partial charge in [-0.3, -0.25) is 5.41 Å². The van der Waals surface area contributed by atoms with Crippen molar-refractivity contribution in [3.63, 3.8) is 0 Å². The van der Waals surface area contributed by atoms with Crippen LogP contribution in [0.25, 0.3) is 0 Å². The molecule has 11 heavy (non-hydrogen) atoms. The van der Waals surface area contributed by atoms with Gasteiger partial charge in [0.05, 0.1) is 5.69 Å². The second-order valence-corrected chi connectivity index (χ2v) is 3.25. The number of aromatic nitrogens is 1. The largest absolute Gasteiger partial charge is 0.397 e. The summed E-state index contributed by atoms with van der Waals surface area (Å²) in [6, 6.07) is 1.73. The molecule has 0 spiro atoms. The summed E-state index contributed by atoms with van der Waals surface area (Å²) in [5, 5.41) is 7.08. The highest BCUT2D eigenvalue weighted by molar-refractivity contribution is 14.1. The topological polar surface area (TPSA) is 88.8 Å². The van der Waals surface area contributed by atoms with Crippen LogP contribution in [-0.4, -0.2) is 10.8 Å². The molecule has 0 saturated carbocycles. The van der Waals surface area contributed by atoms with Gasteiger partial charge in [-0.05, 0) is 28.7 Å². The highest BCUT2D eigenvalue weighted by Gasteiger charge is 2.02. The van der Waals surface area contributed by atoms with Gasteiger partial charge in [0.1, 0.15) is 11.5 Å². The Kier molecular flexibility index (Phi) is 2.28. The van der Waals surface area contributed by atoms with Crippen molar-refractivity contribution in [2.75, 3.05) is 5.73 Å². The number of nitrogens with zero attached hydrogens (tertiary/aromatic N) is 1. The summed E-state index contributed by atoms with van der Waals surface area (Å²) in [5.74, 6) is -0.0982. The number of pyridine rings is 1. The third-order valence-corrected chi connectivity index (χ3v) is 1.73. The normalized spacial score (nSPS) is 9.55. The molecule has 1 heterocycles. The summed E-state index contributed by atoms with van der Waals surface area (Å²) in [4.78, 5) is 3.90. The van der Waals surface area contributed by atoms with Crippen LogP contribution in [-0.2, 0) is 0 Å². The number of hydrogen-bond acceptors (Lipinski definition) is 3. The van der Waals surface area contributed by atoms with Crippen molar-refractivity contribution < 1.29 is 0 Å². The third kappa shape index (κ3) is 1.79. The Morgan fingerprint density at radius 3 is 2.73 bits per heavy atom. The average Bonchev–Trinajstić information content (AvgIpc) is 1.85. The van der Waals surface area contributed by atoms with Crippen LogP contribution in [0, 0.1) is 8.98 Å². The molecule has 5 heteroatoms. The Morgan fingerprint density at radius 2 is 2.27 bits per heavy atom. The zero-order valence-electron chi connectivity index (χ0n) is 5.63. The van der Waals surface area contributed by atoms with E-state index >= 15 is 0 Å². The van der Waals surface area contributed by atoms with Crippen molar-refractivity contribution >= 4 is 34.1 Å². The maximum atomic E-state index is 7.08. The quantitative estimate of drug-likeness (QED) is 0.392. The smallest absolute Gasteiger partial charge is 0.143 e. The third-order valence-electron chi connectivity index (χ3n) is 1.14. The summed E-state index contributed by atoms with van der Waals surface area (Å²) < 4.78 is 0.935. The molecule has 5 N–H and O–H groups in total. The van der Waals surface area contributed by atoms with Crippen molar-refractivity contribution in [3.05, 3.63) is 21.5 Å². The fourth-order valence-corrected chi connectivity index (χ4v) is 1.15. The molecule has 0 aliphatic heterocycles. The second-order valence-electron chi connectivity index (χ2n) is 2.01. The van der Waals surface area contributed by atoms with Gasteiger partial charge >= 0.3 is 0 Å². The first-order chi connectivity index (χ1) is 5.11. The molecule has 0 unspecified atom stereocenters. The van der Waals surface area contributed by atoms with Crippen LogP contribution in [0.1, 0.15) is 5.69 Å². The van der Waals surface area contributed by atoms with Gasteiger partial charge in [0.15, 0.2) is 0 Å². The van der Waals surface area contributed by atoms with E-state index in [0.717, 1.165) is 3.57 Å². The molecule has 1 rings (SSSR count). The summed E-state index contributed by atoms with van der Waals surface area (Å²) >= 11 is 2.09. The van der Waals surface area contributed by atoms with Gasteiger partial charge in [-0.1, -0.05) is 0 Å². The average molecular weight is 262 g/mol. The molecule has 0 bridgehead atoms. The lowest BCUT2D eigenvalue weighted by molar-refractivity contribution is 1.25. The van der Waals surface area contributed by atoms with E-state index < -0.39 is 0 Å². The Morgan fingerprint density at radius 1 is 1.64 bits per heavy atom. The van der Waals surface area contributed by atoms with E-state index in [9.17, 15) is 0 Å². The zero-order chi connectivity index (χ0) is 8.43. The molecular weight excluding hydrogens is 255 g/mol. The summed E-state index contributed by atoms with van der Waals surface area (Å²) in [6.07, 6.45) is 1.62. The van der Waals surface area contributed by atoms with E-state index in [4.69, 9.17) is 16.9 Å². The standard InChI is InChI=1S/C6H7IN4/c7-3-1-4(8)5(6(9)10)11-2-3/h1-2H,8H2,(H3,9,10). The van der Waals surface area contributed by atoms with Crippen LogP contribution in [0.15, 0.2) is 12.3 Å². The summed E-state index contributed by atoms with van der Waals surface area (Å²) in [7, 11) is 0. The van der Waals surface area contributed by atoms with Crippen LogP contribution in [0.3, 0.4) is 0 Å². The zero-order valence-corrected chi connectivity index (χ0v) is 7.79. The minimum atomic E-state index is -0.0982. The lowest BCUT2D eigenvalue weighted by Gasteiger charge is -2.01. The van der Waals surface area contributed by atoms with Gasteiger partial charge in [0.2, 0.25) is 0 Å². The van der Waals surface area contributed by atoms with E-state index in [1.54, 1.807) is 12.3 Å². The molecule has 4 nitrogen and oxygen atoms in total. The van der Waals surface area contributed by atoms with Gasteiger partial charge in [0, 0.05) is 9.77 Å². The second kappa shape index (κ2) is 3.04. The van der Waals surface area contributed by atoms with Crippen LogP contribution in [0.2, 0.25) is 0 Å². The molecule has 0 amide bonds. The molecule has 1 aromatic heterocycles. The number of rotatable bonds is 1. The highest BCUT2D eigenvalue weighted by atomic mass is 127.